The fraction of sp³-hybridized carbons (Fsp3) is 0.529. The van der Waals surface area contributed by atoms with Crippen LogP contribution in [0.5, 0.6) is 0 Å². The lowest BCUT2D eigenvalue weighted by Gasteiger charge is -2.31. The molecular weight excluding hydrogens is 335 g/mol. The van der Waals surface area contributed by atoms with E-state index in [4.69, 9.17) is 23.2 Å². The summed E-state index contributed by atoms with van der Waals surface area (Å²) in [6.07, 6.45) is 4.01. The van der Waals surface area contributed by atoms with Crippen LogP contribution in [0.3, 0.4) is 0 Å². The van der Waals surface area contributed by atoms with Crippen LogP contribution in [-0.4, -0.2) is 35.8 Å². The molecule has 1 saturated carbocycles. The fourth-order valence-electron chi connectivity index (χ4n) is 2.87. The van der Waals surface area contributed by atoms with E-state index in [2.05, 4.69) is 5.32 Å². The highest BCUT2D eigenvalue weighted by Crippen LogP contribution is 2.25. The number of rotatable bonds is 4. The maximum Gasteiger partial charge on any atom is 0.226 e. The molecule has 0 bridgehead atoms. The first kappa shape index (κ1) is 16.6. The highest BCUT2D eigenvalue weighted by molar-refractivity contribution is 6.42. The topological polar surface area (TPSA) is 49.4 Å². The molecule has 0 atom stereocenters. The molecule has 2 aliphatic rings. The Morgan fingerprint density at radius 2 is 1.78 bits per heavy atom. The maximum atomic E-state index is 12.4. The van der Waals surface area contributed by atoms with E-state index in [1.807, 2.05) is 11.0 Å². The van der Waals surface area contributed by atoms with E-state index >= 15 is 0 Å². The number of piperidine rings is 1. The molecule has 1 heterocycles. The van der Waals surface area contributed by atoms with E-state index in [-0.39, 0.29) is 17.7 Å². The van der Waals surface area contributed by atoms with Gasteiger partial charge in [0.05, 0.1) is 16.5 Å². The largest absolute Gasteiger partial charge is 0.353 e. The zero-order valence-electron chi connectivity index (χ0n) is 12.9. The van der Waals surface area contributed by atoms with Crippen molar-refractivity contribution in [1.29, 1.82) is 0 Å². The van der Waals surface area contributed by atoms with Crippen LogP contribution in [0.2, 0.25) is 10.0 Å². The molecule has 6 heteroatoms. The summed E-state index contributed by atoms with van der Waals surface area (Å²) in [4.78, 5) is 26.3. The Labute approximate surface area is 146 Å². The molecular formula is C17H20Cl2N2O2. The second kappa shape index (κ2) is 7.10. The van der Waals surface area contributed by atoms with Crippen molar-refractivity contribution in [3.63, 3.8) is 0 Å². The zero-order chi connectivity index (χ0) is 16.4. The zero-order valence-corrected chi connectivity index (χ0v) is 14.4. The van der Waals surface area contributed by atoms with Crippen LogP contribution in [-0.2, 0) is 16.0 Å². The number of nitrogens with zero attached hydrogens (tertiary/aromatic N) is 1. The van der Waals surface area contributed by atoms with Crippen molar-refractivity contribution in [3.8, 4) is 0 Å². The lowest BCUT2D eigenvalue weighted by Crippen LogP contribution is -2.43. The Hall–Kier alpha value is -1.26. The molecule has 23 heavy (non-hydrogen) atoms. The van der Waals surface area contributed by atoms with E-state index in [0.29, 0.717) is 35.6 Å². The molecule has 1 aliphatic heterocycles. The second-order valence-corrected chi connectivity index (χ2v) is 7.18. The molecule has 1 N–H and O–H groups in total. The predicted molar refractivity (Wildman–Crippen MR) is 90.6 cm³/mol. The second-order valence-electron chi connectivity index (χ2n) is 6.36. The van der Waals surface area contributed by atoms with Crippen LogP contribution in [0.4, 0.5) is 0 Å². The van der Waals surface area contributed by atoms with Gasteiger partial charge in [0, 0.05) is 25.0 Å². The Morgan fingerprint density at radius 3 is 2.39 bits per heavy atom. The predicted octanol–water partition coefficient (Wildman–Crippen LogP) is 3.05. The summed E-state index contributed by atoms with van der Waals surface area (Å²) in [5, 5.41) is 4.01. The number of likely N-dealkylation sites (tertiary alicyclic amines) is 1. The Balaban J connectivity index is 1.49. The first-order valence-electron chi connectivity index (χ1n) is 8.05. The standard InChI is InChI=1S/C17H20Cl2N2O2/c18-14-4-1-11(9-15(14)19)10-16(22)21-7-5-12(6-8-21)17(23)20-13-2-3-13/h1,4,9,12-13H,2-3,5-8,10H2,(H,20,23). The molecule has 4 nitrogen and oxygen atoms in total. The monoisotopic (exact) mass is 354 g/mol. The molecule has 1 saturated heterocycles. The number of carbonyl (C=O) groups is 2. The van der Waals surface area contributed by atoms with Crippen LogP contribution >= 0.6 is 23.2 Å². The lowest BCUT2D eigenvalue weighted by molar-refractivity contribution is -0.135. The van der Waals surface area contributed by atoms with Gasteiger partial charge in [0.1, 0.15) is 0 Å². The van der Waals surface area contributed by atoms with Crippen LogP contribution < -0.4 is 5.32 Å². The number of halogens is 2. The summed E-state index contributed by atoms with van der Waals surface area (Å²) >= 11 is 11.9. The summed E-state index contributed by atoms with van der Waals surface area (Å²) in [5.41, 5.74) is 0.859. The van der Waals surface area contributed by atoms with Gasteiger partial charge in [-0.1, -0.05) is 29.3 Å². The molecule has 0 aromatic heterocycles. The van der Waals surface area contributed by atoms with Gasteiger partial charge in [0.25, 0.3) is 0 Å². The SMILES string of the molecule is O=C(NC1CC1)C1CCN(C(=O)Cc2ccc(Cl)c(Cl)c2)CC1. The molecule has 3 rings (SSSR count). The molecule has 0 spiro atoms. The van der Waals surface area contributed by atoms with Crippen molar-refractivity contribution in [3.05, 3.63) is 33.8 Å². The third-order valence-electron chi connectivity index (χ3n) is 4.48. The normalized spacial score (nSPS) is 18.8. The number of carbonyl (C=O) groups excluding carboxylic acids is 2. The van der Waals surface area contributed by atoms with Gasteiger partial charge in [-0.05, 0) is 43.4 Å². The average molecular weight is 355 g/mol. The summed E-state index contributed by atoms with van der Waals surface area (Å²) in [6, 6.07) is 5.66. The van der Waals surface area contributed by atoms with Gasteiger partial charge in [0.2, 0.25) is 11.8 Å². The van der Waals surface area contributed by atoms with Gasteiger partial charge in [-0.25, -0.2) is 0 Å². The van der Waals surface area contributed by atoms with E-state index in [9.17, 15) is 9.59 Å². The van der Waals surface area contributed by atoms with Gasteiger partial charge in [0.15, 0.2) is 0 Å². The third kappa shape index (κ3) is 4.39. The molecule has 0 unspecified atom stereocenters. The molecule has 0 radical (unpaired) electrons. The lowest BCUT2D eigenvalue weighted by atomic mass is 9.95. The smallest absolute Gasteiger partial charge is 0.226 e. The highest BCUT2D eigenvalue weighted by Gasteiger charge is 2.31. The number of nitrogens with one attached hydrogen (secondary N) is 1. The van der Waals surface area contributed by atoms with E-state index in [1.165, 1.54) is 0 Å². The number of benzene rings is 1. The minimum absolute atomic E-state index is 0.0460. The molecule has 2 amide bonds. The average Bonchev–Trinajstić information content (AvgIpc) is 3.35. The summed E-state index contributed by atoms with van der Waals surface area (Å²) in [7, 11) is 0. The van der Waals surface area contributed by atoms with Crippen molar-refractivity contribution in [2.24, 2.45) is 5.92 Å². The van der Waals surface area contributed by atoms with Crippen LogP contribution in [0.1, 0.15) is 31.2 Å². The Bertz CT molecular complexity index is 609. The Morgan fingerprint density at radius 1 is 1.09 bits per heavy atom. The van der Waals surface area contributed by atoms with E-state index < -0.39 is 0 Å². The van der Waals surface area contributed by atoms with E-state index in [1.54, 1.807) is 12.1 Å². The van der Waals surface area contributed by atoms with Gasteiger partial charge >= 0.3 is 0 Å². The first-order valence-corrected chi connectivity index (χ1v) is 8.80. The van der Waals surface area contributed by atoms with Crippen LogP contribution in [0, 0.1) is 5.92 Å². The number of hydrogen-bond acceptors (Lipinski definition) is 2. The summed E-state index contributed by atoms with van der Waals surface area (Å²) in [5.74, 6) is 0.276. The van der Waals surface area contributed by atoms with Crippen molar-refractivity contribution in [1.82, 2.24) is 10.2 Å². The van der Waals surface area contributed by atoms with Crippen molar-refractivity contribution in [2.45, 2.75) is 38.1 Å². The molecule has 1 aliphatic carbocycles. The molecule has 124 valence electrons. The van der Waals surface area contributed by atoms with E-state index in [0.717, 1.165) is 31.2 Å². The molecule has 2 fully saturated rings. The van der Waals surface area contributed by atoms with Crippen LogP contribution in [0.15, 0.2) is 18.2 Å². The molecule has 1 aromatic rings. The minimum Gasteiger partial charge on any atom is -0.353 e. The molecule has 1 aromatic carbocycles. The quantitative estimate of drug-likeness (QED) is 0.903. The summed E-state index contributed by atoms with van der Waals surface area (Å²) in [6.45, 7) is 1.28. The highest BCUT2D eigenvalue weighted by atomic mass is 35.5. The first-order chi connectivity index (χ1) is 11.0. The Kier molecular flexibility index (Phi) is 5.12. The summed E-state index contributed by atoms with van der Waals surface area (Å²) < 4.78 is 0. The number of hydrogen-bond donors (Lipinski definition) is 1. The van der Waals surface area contributed by atoms with Gasteiger partial charge in [-0.2, -0.15) is 0 Å². The minimum atomic E-state index is 0.0460. The number of amides is 2. The van der Waals surface area contributed by atoms with Gasteiger partial charge < -0.3 is 10.2 Å². The fourth-order valence-corrected chi connectivity index (χ4v) is 3.19. The van der Waals surface area contributed by atoms with Crippen molar-refractivity contribution in [2.75, 3.05) is 13.1 Å². The third-order valence-corrected chi connectivity index (χ3v) is 5.22. The van der Waals surface area contributed by atoms with Crippen molar-refractivity contribution < 1.29 is 9.59 Å². The van der Waals surface area contributed by atoms with Crippen molar-refractivity contribution >= 4 is 35.0 Å². The van der Waals surface area contributed by atoms with Crippen LogP contribution in [0.25, 0.3) is 0 Å². The van der Waals surface area contributed by atoms with Gasteiger partial charge in [-0.3, -0.25) is 9.59 Å². The maximum absolute atomic E-state index is 12.4. The van der Waals surface area contributed by atoms with Gasteiger partial charge in [-0.15, -0.1) is 0 Å².